The van der Waals surface area contributed by atoms with Gasteiger partial charge in [-0.05, 0) is 38.4 Å². The van der Waals surface area contributed by atoms with Gasteiger partial charge in [-0.2, -0.15) is 0 Å². The lowest BCUT2D eigenvalue weighted by molar-refractivity contribution is 0.0925. The van der Waals surface area contributed by atoms with Crippen LogP contribution in [0.1, 0.15) is 36.5 Å². The SMILES string of the molecule is CC(NC(=O)c1ccccc1O)C1CCCCN1. The lowest BCUT2D eigenvalue weighted by Crippen LogP contribution is -2.50. The van der Waals surface area contributed by atoms with Crippen molar-refractivity contribution in [1.82, 2.24) is 10.6 Å². The Labute approximate surface area is 107 Å². The van der Waals surface area contributed by atoms with E-state index in [2.05, 4.69) is 10.6 Å². The van der Waals surface area contributed by atoms with E-state index in [1.54, 1.807) is 18.2 Å². The van der Waals surface area contributed by atoms with E-state index in [9.17, 15) is 9.90 Å². The molecule has 1 saturated heterocycles. The predicted octanol–water partition coefficient (Wildman–Crippen LogP) is 1.65. The first-order chi connectivity index (χ1) is 8.68. The number of amides is 1. The zero-order valence-corrected chi connectivity index (χ0v) is 10.6. The van der Waals surface area contributed by atoms with Gasteiger partial charge in [0.25, 0.3) is 5.91 Å². The van der Waals surface area contributed by atoms with Gasteiger partial charge in [0.2, 0.25) is 0 Å². The Balaban J connectivity index is 1.96. The third kappa shape index (κ3) is 3.01. The van der Waals surface area contributed by atoms with Gasteiger partial charge in [-0.3, -0.25) is 4.79 Å². The summed E-state index contributed by atoms with van der Waals surface area (Å²) < 4.78 is 0. The largest absolute Gasteiger partial charge is 0.507 e. The van der Waals surface area contributed by atoms with E-state index >= 15 is 0 Å². The van der Waals surface area contributed by atoms with E-state index < -0.39 is 0 Å². The van der Waals surface area contributed by atoms with Crippen LogP contribution in [0.3, 0.4) is 0 Å². The van der Waals surface area contributed by atoms with Crippen molar-refractivity contribution in [2.45, 2.75) is 38.3 Å². The second kappa shape index (κ2) is 5.87. The normalized spacial score (nSPS) is 21.3. The van der Waals surface area contributed by atoms with Crippen LogP contribution in [0.15, 0.2) is 24.3 Å². The highest BCUT2D eigenvalue weighted by atomic mass is 16.3. The van der Waals surface area contributed by atoms with Crippen LogP contribution in [0.4, 0.5) is 0 Å². The number of carbonyl (C=O) groups is 1. The molecule has 0 aromatic heterocycles. The summed E-state index contributed by atoms with van der Waals surface area (Å²) in [5.41, 5.74) is 0.333. The third-order valence-electron chi connectivity index (χ3n) is 3.46. The number of nitrogens with one attached hydrogen (secondary N) is 2. The molecule has 1 aliphatic heterocycles. The van der Waals surface area contributed by atoms with Crippen molar-refractivity contribution in [3.63, 3.8) is 0 Å². The van der Waals surface area contributed by atoms with Gasteiger partial charge >= 0.3 is 0 Å². The molecule has 2 rings (SSSR count). The lowest BCUT2D eigenvalue weighted by atomic mass is 9.99. The van der Waals surface area contributed by atoms with Gasteiger partial charge in [0, 0.05) is 12.1 Å². The van der Waals surface area contributed by atoms with Crippen LogP contribution in [-0.4, -0.2) is 29.6 Å². The summed E-state index contributed by atoms with van der Waals surface area (Å²) in [6, 6.07) is 7.01. The van der Waals surface area contributed by atoms with E-state index in [0.29, 0.717) is 11.6 Å². The molecule has 98 valence electrons. The molecule has 0 aliphatic carbocycles. The highest BCUT2D eigenvalue weighted by Gasteiger charge is 2.22. The average molecular weight is 248 g/mol. The maximum Gasteiger partial charge on any atom is 0.255 e. The number of aromatic hydroxyl groups is 1. The number of rotatable bonds is 3. The quantitative estimate of drug-likeness (QED) is 0.762. The van der Waals surface area contributed by atoms with Crippen LogP contribution < -0.4 is 10.6 Å². The molecule has 0 radical (unpaired) electrons. The van der Waals surface area contributed by atoms with E-state index in [1.807, 2.05) is 6.92 Å². The molecule has 2 atom stereocenters. The van der Waals surface area contributed by atoms with Crippen molar-refractivity contribution in [3.8, 4) is 5.75 Å². The van der Waals surface area contributed by atoms with Gasteiger partial charge in [0.05, 0.1) is 5.56 Å². The Morgan fingerprint density at radius 3 is 2.89 bits per heavy atom. The maximum absolute atomic E-state index is 12.0. The monoisotopic (exact) mass is 248 g/mol. The molecule has 18 heavy (non-hydrogen) atoms. The van der Waals surface area contributed by atoms with Crippen LogP contribution in [-0.2, 0) is 0 Å². The fourth-order valence-corrected chi connectivity index (χ4v) is 2.36. The van der Waals surface area contributed by atoms with Crippen LogP contribution in [0.5, 0.6) is 5.75 Å². The summed E-state index contributed by atoms with van der Waals surface area (Å²) in [6.07, 6.45) is 3.49. The molecule has 1 fully saturated rings. The molecule has 3 N–H and O–H groups in total. The number of hydrogen-bond acceptors (Lipinski definition) is 3. The summed E-state index contributed by atoms with van der Waals surface area (Å²) in [4.78, 5) is 12.0. The highest BCUT2D eigenvalue weighted by molar-refractivity contribution is 5.96. The van der Waals surface area contributed by atoms with Gasteiger partial charge in [-0.25, -0.2) is 0 Å². The smallest absolute Gasteiger partial charge is 0.255 e. The second-order valence-corrected chi connectivity index (χ2v) is 4.84. The predicted molar refractivity (Wildman–Crippen MR) is 70.7 cm³/mol. The van der Waals surface area contributed by atoms with Crippen molar-refractivity contribution in [1.29, 1.82) is 0 Å². The Morgan fingerprint density at radius 2 is 2.22 bits per heavy atom. The molecular weight excluding hydrogens is 228 g/mol. The second-order valence-electron chi connectivity index (χ2n) is 4.84. The van der Waals surface area contributed by atoms with Gasteiger partial charge in [-0.15, -0.1) is 0 Å². The van der Waals surface area contributed by atoms with Gasteiger partial charge in [-0.1, -0.05) is 18.6 Å². The van der Waals surface area contributed by atoms with E-state index in [1.165, 1.54) is 18.9 Å². The van der Waals surface area contributed by atoms with Crippen LogP contribution >= 0.6 is 0 Å². The Kier molecular flexibility index (Phi) is 4.20. The van der Waals surface area contributed by atoms with Crippen molar-refractivity contribution in [2.24, 2.45) is 0 Å². The summed E-state index contributed by atoms with van der Waals surface area (Å²) >= 11 is 0. The van der Waals surface area contributed by atoms with E-state index in [-0.39, 0.29) is 17.7 Å². The molecule has 0 saturated carbocycles. The molecule has 4 heteroatoms. The van der Waals surface area contributed by atoms with Crippen LogP contribution in [0.25, 0.3) is 0 Å². The number of benzene rings is 1. The minimum absolute atomic E-state index is 0.0267. The third-order valence-corrected chi connectivity index (χ3v) is 3.46. The molecule has 2 unspecified atom stereocenters. The Hall–Kier alpha value is -1.55. The van der Waals surface area contributed by atoms with Crippen LogP contribution in [0, 0.1) is 0 Å². The molecule has 1 aliphatic rings. The van der Waals surface area contributed by atoms with Crippen molar-refractivity contribution in [3.05, 3.63) is 29.8 Å². The number of phenols is 1. The van der Waals surface area contributed by atoms with Gasteiger partial charge < -0.3 is 15.7 Å². The summed E-state index contributed by atoms with van der Waals surface area (Å²) in [5, 5.41) is 16.0. The number of para-hydroxylation sites is 1. The first-order valence-corrected chi connectivity index (χ1v) is 6.50. The van der Waals surface area contributed by atoms with Crippen molar-refractivity contribution in [2.75, 3.05) is 6.54 Å². The molecule has 1 heterocycles. The number of carbonyl (C=O) groups excluding carboxylic acids is 1. The van der Waals surface area contributed by atoms with Crippen molar-refractivity contribution < 1.29 is 9.90 Å². The zero-order chi connectivity index (χ0) is 13.0. The molecule has 4 nitrogen and oxygen atoms in total. The topological polar surface area (TPSA) is 61.4 Å². The van der Waals surface area contributed by atoms with Gasteiger partial charge in [0.1, 0.15) is 5.75 Å². The van der Waals surface area contributed by atoms with Crippen LogP contribution in [0.2, 0.25) is 0 Å². The fraction of sp³-hybridized carbons (Fsp3) is 0.500. The van der Waals surface area contributed by atoms with E-state index in [0.717, 1.165) is 13.0 Å². The molecule has 1 aromatic carbocycles. The molecular formula is C14H20N2O2. The molecule has 0 spiro atoms. The first kappa shape index (κ1) is 12.9. The Morgan fingerprint density at radius 1 is 1.44 bits per heavy atom. The minimum atomic E-state index is -0.215. The fourth-order valence-electron chi connectivity index (χ4n) is 2.36. The molecule has 1 amide bonds. The lowest BCUT2D eigenvalue weighted by Gasteiger charge is -2.29. The summed E-state index contributed by atoms with van der Waals surface area (Å²) in [7, 11) is 0. The highest BCUT2D eigenvalue weighted by Crippen LogP contribution is 2.16. The van der Waals surface area contributed by atoms with Crippen molar-refractivity contribution >= 4 is 5.91 Å². The number of hydrogen-bond donors (Lipinski definition) is 3. The molecule has 1 aromatic rings. The summed E-state index contributed by atoms with van der Waals surface area (Å²) in [5.74, 6) is -0.188. The average Bonchev–Trinajstić information content (AvgIpc) is 2.40. The van der Waals surface area contributed by atoms with Gasteiger partial charge in [0.15, 0.2) is 0 Å². The number of phenolic OH excluding ortho intramolecular Hbond substituents is 1. The molecule has 0 bridgehead atoms. The summed E-state index contributed by atoms with van der Waals surface area (Å²) in [6.45, 7) is 3.02. The Bertz CT molecular complexity index is 414. The number of piperidine rings is 1. The first-order valence-electron chi connectivity index (χ1n) is 6.50. The standard InChI is InChI=1S/C14H20N2O2/c1-10(12-7-4-5-9-15-12)16-14(18)11-6-2-3-8-13(11)17/h2-3,6,8,10,12,15,17H,4-5,7,9H2,1H3,(H,16,18). The minimum Gasteiger partial charge on any atom is -0.507 e. The zero-order valence-electron chi connectivity index (χ0n) is 10.6. The maximum atomic E-state index is 12.0. The van der Waals surface area contributed by atoms with E-state index in [4.69, 9.17) is 0 Å².